The van der Waals surface area contributed by atoms with Crippen molar-refractivity contribution in [3.63, 3.8) is 0 Å². The van der Waals surface area contributed by atoms with Gasteiger partial charge < -0.3 is 10.4 Å². The van der Waals surface area contributed by atoms with E-state index in [0.29, 0.717) is 22.0 Å². The Balaban J connectivity index is 2.03. The highest BCUT2D eigenvalue weighted by molar-refractivity contribution is 7.98. The molecule has 6 nitrogen and oxygen atoms in total. The monoisotopic (exact) mass is 299 g/mol. The van der Waals surface area contributed by atoms with Gasteiger partial charge in [0, 0.05) is 5.69 Å². The molecule has 0 atom stereocenters. The minimum atomic E-state index is -0.00116. The molecule has 0 saturated heterocycles. The zero-order valence-electron chi connectivity index (χ0n) is 11.3. The number of nitrogens with zero attached hydrogens (tertiary/aromatic N) is 4. The molecule has 3 rings (SSSR count). The van der Waals surface area contributed by atoms with Gasteiger partial charge in [-0.15, -0.1) is 0 Å². The van der Waals surface area contributed by atoms with Crippen LogP contribution in [0.15, 0.2) is 41.9 Å². The van der Waals surface area contributed by atoms with Crippen molar-refractivity contribution in [3.05, 3.63) is 42.4 Å². The van der Waals surface area contributed by atoms with E-state index in [0.717, 1.165) is 11.3 Å². The van der Waals surface area contributed by atoms with Crippen molar-refractivity contribution < 1.29 is 5.11 Å². The van der Waals surface area contributed by atoms with Crippen LogP contribution < -0.4 is 5.32 Å². The molecule has 0 amide bonds. The van der Waals surface area contributed by atoms with Crippen molar-refractivity contribution in [1.29, 1.82) is 0 Å². The Labute approximate surface area is 125 Å². The summed E-state index contributed by atoms with van der Waals surface area (Å²) in [6.45, 7) is -0.00116. The topological polar surface area (TPSA) is 83.8 Å². The quantitative estimate of drug-likeness (QED) is 0.565. The Morgan fingerprint density at radius 2 is 2.14 bits per heavy atom. The molecule has 2 aromatic heterocycles. The molecule has 3 aromatic rings. The Morgan fingerprint density at radius 1 is 1.24 bits per heavy atom. The summed E-state index contributed by atoms with van der Waals surface area (Å²) in [6.07, 6.45) is 5.08. The van der Waals surface area contributed by atoms with Gasteiger partial charge in [0.05, 0.1) is 12.8 Å². The van der Waals surface area contributed by atoms with Crippen LogP contribution in [0.3, 0.4) is 0 Å². The van der Waals surface area contributed by atoms with Gasteiger partial charge in [0.2, 0.25) is 0 Å². The Bertz CT molecular complexity index is 780. The maximum absolute atomic E-state index is 9.19. The molecule has 106 valence electrons. The largest absolute Gasteiger partial charge is 0.392 e. The van der Waals surface area contributed by atoms with E-state index in [1.54, 1.807) is 6.20 Å². The number of aliphatic hydroxyl groups is 1. The van der Waals surface area contributed by atoms with Crippen LogP contribution in [0.4, 0.5) is 11.5 Å². The van der Waals surface area contributed by atoms with E-state index in [4.69, 9.17) is 0 Å². The van der Waals surface area contributed by atoms with Gasteiger partial charge >= 0.3 is 0 Å². The number of aromatic nitrogens is 4. The number of anilines is 2. The fourth-order valence-electron chi connectivity index (χ4n) is 1.91. The van der Waals surface area contributed by atoms with E-state index < -0.39 is 0 Å². The lowest BCUT2D eigenvalue weighted by Crippen LogP contribution is -1.99. The minimum absolute atomic E-state index is 0.00116. The first-order valence-corrected chi connectivity index (χ1v) is 7.51. The maximum Gasteiger partial charge on any atom is 0.188 e. The second-order valence-electron chi connectivity index (χ2n) is 4.30. The first kappa shape index (κ1) is 13.7. The summed E-state index contributed by atoms with van der Waals surface area (Å²) in [7, 11) is 0. The van der Waals surface area contributed by atoms with Gasteiger partial charge in [-0.3, -0.25) is 0 Å². The standard InChI is InChI=1S/C14H13N5OS/c1-21-14-15-6-11-12(19-14)13(17-8-16-11)18-10-4-2-3-9(5-10)7-20/h2-6,8,20H,7H2,1H3,(H,16,17,18). The first-order chi connectivity index (χ1) is 10.3. The lowest BCUT2D eigenvalue weighted by atomic mass is 10.2. The lowest BCUT2D eigenvalue weighted by molar-refractivity contribution is 0.282. The summed E-state index contributed by atoms with van der Waals surface area (Å²) in [4.78, 5) is 17.1. The molecule has 0 unspecified atom stereocenters. The third-order valence-electron chi connectivity index (χ3n) is 2.91. The zero-order valence-corrected chi connectivity index (χ0v) is 12.1. The van der Waals surface area contributed by atoms with E-state index in [2.05, 4.69) is 25.3 Å². The molecule has 7 heteroatoms. The van der Waals surface area contributed by atoms with Gasteiger partial charge in [0.25, 0.3) is 0 Å². The predicted octanol–water partition coefficient (Wildman–Crippen LogP) is 2.38. The molecule has 0 spiro atoms. The van der Waals surface area contributed by atoms with Crippen molar-refractivity contribution in [3.8, 4) is 0 Å². The second-order valence-corrected chi connectivity index (χ2v) is 5.07. The number of benzene rings is 1. The van der Waals surface area contributed by atoms with Crippen LogP contribution in [-0.2, 0) is 6.61 Å². The summed E-state index contributed by atoms with van der Waals surface area (Å²) in [5.41, 5.74) is 3.03. The number of nitrogens with one attached hydrogen (secondary N) is 1. The molecule has 0 bridgehead atoms. The normalized spacial score (nSPS) is 10.8. The van der Waals surface area contributed by atoms with E-state index in [1.165, 1.54) is 18.1 Å². The van der Waals surface area contributed by atoms with Gasteiger partial charge in [-0.1, -0.05) is 23.9 Å². The highest BCUT2D eigenvalue weighted by Gasteiger charge is 2.08. The van der Waals surface area contributed by atoms with Gasteiger partial charge in [-0.2, -0.15) is 0 Å². The molecule has 0 saturated carbocycles. The number of hydrogen-bond acceptors (Lipinski definition) is 7. The Kier molecular flexibility index (Phi) is 3.94. The van der Waals surface area contributed by atoms with Crippen LogP contribution in [0, 0.1) is 0 Å². The molecule has 1 aromatic carbocycles. The molecule has 0 aliphatic heterocycles. The van der Waals surface area contributed by atoms with Gasteiger partial charge in [-0.05, 0) is 24.0 Å². The van der Waals surface area contributed by atoms with E-state index in [9.17, 15) is 5.11 Å². The van der Waals surface area contributed by atoms with Crippen LogP contribution in [0.25, 0.3) is 11.0 Å². The average Bonchev–Trinajstić information content (AvgIpc) is 2.55. The Hall–Kier alpha value is -2.25. The smallest absolute Gasteiger partial charge is 0.188 e. The first-order valence-electron chi connectivity index (χ1n) is 6.28. The molecule has 0 radical (unpaired) electrons. The molecule has 0 aliphatic carbocycles. The number of hydrogen-bond donors (Lipinski definition) is 2. The van der Waals surface area contributed by atoms with E-state index in [1.807, 2.05) is 30.5 Å². The number of aliphatic hydroxyl groups excluding tert-OH is 1. The van der Waals surface area contributed by atoms with Gasteiger partial charge in [0.15, 0.2) is 11.0 Å². The molecule has 0 fully saturated rings. The van der Waals surface area contributed by atoms with E-state index in [-0.39, 0.29) is 6.61 Å². The van der Waals surface area contributed by atoms with Crippen LogP contribution in [0.2, 0.25) is 0 Å². The van der Waals surface area contributed by atoms with Crippen LogP contribution >= 0.6 is 11.8 Å². The van der Waals surface area contributed by atoms with Crippen LogP contribution in [0.1, 0.15) is 5.56 Å². The van der Waals surface area contributed by atoms with E-state index >= 15 is 0 Å². The molecule has 2 heterocycles. The molecule has 0 aliphatic rings. The van der Waals surface area contributed by atoms with Crippen LogP contribution in [0.5, 0.6) is 0 Å². The van der Waals surface area contributed by atoms with Gasteiger partial charge in [-0.25, -0.2) is 19.9 Å². The predicted molar refractivity (Wildman–Crippen MR) is 82.6 cm³/mol. The summed E-state index contributed by atoms with van der Waals surface area (Å²) in [5.74, 6) is 0.618. The maximum atomic E-state index is 9.19. The number of fused-ring (bicyclic) bond motifs is 1. The fraction of sp³-hybridized carbons (Fsp3) is 0.143. The highest BCUT2D eigenvalue weighted by Crippen LogP contribution is 2.23. The number of rotatable bonds is 4. The Morgan fingerprint density at radius 3 is 2.95 bits per heavy atom. The second kappa shape index (κ2) is 6.02. The molecular formula is C14H13N5OS. The summed E-state index contributed by atoms with van der Waals surface area (Å²) in [5, 5.41) is 13.1. The molecule has 21 heavy (non-hydrogen) atoms. The summed E-state index contributed by atoms with van der Waals surface area (Å²) < 4.78 is 0. The van der Waals surface area contributed by atoms with Crippen molar-refractivity contribution in [1.82, 2.24) is 19.9 Å². The van der Waals surface area contributed by atoms with Crippen molar-refractivity contribution >= 4 is 34.3 Å². The third-order valence-corrected chi connectivity index (χ3v) is 3.47. The fourth-order valence-corrected chi connectivity index (χ4v) is 2.25. The molecular weight excluding hydrogens is 286 g/mol. The average molecular weight is 299 g/mol. The zero-order chi connectivity index (χ0) is 14.7. The van der Waals surface area contributed by atoms with Crippen molar-refractivity contribution in [2.24, 2.45) is 0 Å². The van der Waals surface area contributed by atoms with Crippen LogP contribution in [-0.4, -0.2) is 31.3 Å². The summed E-state index contributed by atoms with van der Waals surface area (Å²) in [6, 6.07) is 7.51. The van der Waals surface area contributed by atoms with Crippen molar-refractivity contribution in [2.45, 2.75) is 11.8 Å². The third kappa shape index (κ3) is 2.93. The minimum Gasteiger partial charge on any atom is -0.392 e. The highest BCUT2D eigenvalue weighted by atomic mass is 32.2. The SMILES string of the molecule is CSc1ncc2ncnc(Nc3cccc(CO)c3)c2n1. The lowest BCUT2D eigenvalue weighted by Gasteiger charge is -2.09. The van der Waals surface area contributed by atoms with Gasteiger partial charge in [0.1, 0.15) is 17.4 Å². The summed E-state index contributed by atoms with van der Waals surface area (Å²) >= 11 is 1.47. The number of thioether (sulfide) groups is 1. The van der Waals surface area contributed by atoms with Crippen molar-refractivity contribution in [2.75, 3.05) is 11.6 Å². The molecule has 2 N–H and O–H groups in total.